The summed E-state index contributed by atoms with van der Waals surface area (Å²) < 4.78 is 11.0. The minimum Gasteiger partial charge on any atom is -0.439 e. The molecular formula is C22H23N3O3. The smallest absolute Gasteiger partial charge is 0.251 e. The van der Waals surface area contributed by atoms with Crippen LogP contribution in [0.4, 0.5) is 0 Å². The largest absolute Gasteiger partial charge is 0.439 e. The number of nitrogens with one attached hydrogen (secondary N) is 1. The number of hydrogen-bond acceptors (Lipinski definition) is 5. The van der Waals surface area contributed by atoms with Crippen LogP contribution >= 0.6 is 0 Å². The Bertz CT molecular complexity index is 883. The highest BCUT2D eigenvalue weighted by Gasteiger charge is 2.07. The summed E-state index contributed by atoms with van der Waals surface area (Å²) in [5.74, 6) is 1.08. The molecule has 0 aliphatic carbocycles. The van der Waals surface area contributed by atoms with Crippen LogP contribution in [0, 0.1) is 0 Å². The Kier molecular flexibility index (Phi) is 7.09. The van der Waals surface area contributed by atoms with Gasteiger partial charge in [-0.2, -0.15) is 0 Å². The fourth-order valence-electron chi connectivity index (χ4n) is 2.58. The van der Waals surface area contributed by atoms with Crippen molar-refractivity contribution in [1.82, 2.24) is 15.3 Å². The molecule has 0 atom stereocenters. The molecule has 1 heterocycles. The zero-order chi connectivity index (χ0) is 19.6. The van der Waals surface area contributed by atoms with Crippen LogP contribution in [-0.4, -0.2) is 35.6 Å². The van der Waals surface area contributed by atoms with E-state index in [0.29, 0.717) is 37.0 Å². The number of aromatic nitrogens is 2. The molecule has 1 amide bonds. The lowest BCUT2D eigenvalue weighted by Crippen LogP contribution is -2.25. The lowest BCUT2D eigenvalue weighted by atomic mass is 10.1. The zero-order valence-corrected chi connectivity index (χ0v) is 15.8. The third-order valence-corrected chi connectivity index (χ3v) is 4.01. The topological polar surface area (TPSA) is 73.3 Å². The molecule has 0 fully saturated rings. The maximum absolute atomic E-state index is 12.2. The maximum Gasteiger partial charge on any atom is 0.251 e. The first-order chi connectivity index (χ1) is 13.8. The quantitative estimate of drug-likeness (QED) is 0.569. The van der Waals surface area contributed by atoms with Crippen molar-refractivity contribution in [3.8, 4) is 22.9 Å². The van der Waals surface area contributed by atoms with Gasteiger partial charge in [0.1, 0.15) is 12.1 Å². The first-order valence-corrected chi connectivity index (χ1v) is 9.27. The van der Waals surface area contributed by atoms with Crippen molar-refractivity contribution >= 4 is 5.91 Å². The maximum atomic E-state index is 12.2. The van der Waals surface area contributed by atoms with E-state index in [-0.39, 0.29) is 5.91 Å². The van der Waals surface area contributed by atoms with E-state index in [9.17, 15) is 4.79 Å². The number of rotatable bonds is 9. The van der Waals surface area contributed by atoms with Gasteiger partial charge in [0.05, 0.1) is 5.69 Å². The number of hydrogen-bond donors (Lipinski definition) is 1. The highest BCUT2D eigenvalue weighted by molar-refractivity contribution is 5.94. The van der Waals surface area contributed by atoms with Crippen molar-refractivity contribution in [2.75, 3.05) is 19.8 Å². The fraction of sp³-hybridized carbons (Fsp3) is 0.227. The molecule has 0 saturated carbocycles. The molecule has 6 heteroatoms. The van der Waals surface area contributed by atoms with Gasteiger partial charge in [-0.05, 0) is 37.6 Å². The normalized spacial score (nSPS) is 10.5. The SMILES string of the molecule is CCOCCCNC(=O)c1ccc(-c2cc(Oc3ccccc3)ncn2)cc1. The van der Waals surface area contributed by atoms with Crippen LogP contribution < -0.4 is 10.1 Å². The fourth-order valence-corrected chi connectivity index (χ4v) is 2.58. The predicted molar refractivity (Wildman–Crippen MR) is 107 cm³/mol. The molecule has 0 spiro atoms. The number of para-hydroxylation sites is 1. The van der Waals surface area contributed by atoms with Crippen LogP contribution in [0.2, 0.25) is 0 Å². The number of benzene rings is 2. The molecule has 0 saturated heterocycles. The highest BCUT2D eigenvalue weighted by atomic mass is 16.5. The summed E-state index contributed by atoms with van der Waals surface area (Å²) >= 11 is 0. The number of carbonyl (C=O) groups is 1. The van der Waals surface area contributed by atoms with E-state index in [1.807, 2.05) is 49.4 Å². The number of nitrogens with zero attached hydrogens (tertiary/aromatic N) is 2. The van der Waals surface area contributed by atoms with Gasteiger partial charge in [-0.1, -0.05) is 30.3 Å². The van der Waals surface area contributed by atoms with Crippen molar-refractivity contribution in [1.29, 1.82) is 0 Å². The highest BCUT2D eigenvalue weighted by Crippen LogP contribution is 2.23. The second kappa shape index (κ2) is 10.2. The number of amides is 1. The molecule has 1 N–H and O–H groups in total. The summed E-state index contributed by atoms with van der Waals surface area (Å²) in [4.78, 5) is 20.6. The predicted octanol–water partition coefficient (Wildman–Crippen LogP) is 4.09. The molecule has 28 heavy (non-hydrogen) atoms. The van der Waals surface area contributed by atoms with Crippen molar-refractivity contribution < 1.29 is 14.3 Å². The molecule has 2 aromatic carbocycles. The van der Waals surface area contributed by atoms with Gasteiger partial charge in [0.15, 0.2) is 0 Å². The van der Waals surface area contributed by atoms with Crippen LogP contribution in [0.15, 0.2) is 67.0 Å². The lowest BCUT2D eigenvalue weighted by Gasteiger charge is -2.08. The molecule has 0 bridgehead atoms. The Morgan fingerprint density at radius 2 is 1.82 bits per heavy atom. The summed E-state index contributed by atoms with van der Waals surface area (Å²) in [6.07, 6.45) is 2.26. The molecule has 1 aromatic heterocycles. The molecule has 144 valence electrons. The van der Waals surface area contributed by atoms with Gasteiger partial charge in [0.2, 0.25) is 5.88 Å². The van der Waals surface area contributed by atoms with Gasteiger partial charge in [0, 0.05) is 37.0 Å². The molecule has 0 aliphatic rings. The molecule has 0 radical (unpaired) electrons. The van der Waals surface area contributed by atoms with Crippen LogP contribution in [0.25, 0.3) is 11.3 Å². The van der Waals surface area contributed by atoms with Gasteiger partial charge in [-0.3, -0.25) is 4.79 Å². The van der Waals surface area contributed by atoms with Crippen molar-refractivity contribution in [2.24, 2.45) is 0 Å². The van der Waals surface area contributed by atoms with E-state index in [4.69, 9.17) is 9.47 Å². The number of ether oxygens (including phenoxy) is 2. The van der Waals surface area contributed by atoms with E-state index in [1.54, 1.807) is 18.2 Å². The second-order valence-electron chi connectivity index (χ2n) is 6.04. The average Bonchev–Trinajstić information content (AvgIpc) is 2.74. The van der Waals surface area contributed by atoms with Crippen molar-refractivity contribution in [2.45, 2.75) is 13.3 Å². The molecule has 3 aromatic rings. The van der Waals surface area contributed by atoms with Crippen LogP contribution in [0.3, 0.4) is 0 Å². The second-order valence-corrected chi connectivity index (χ2v) is 6.04. The first kappa shape index (κ1) is 19.5. The number of carbonyl (C=O) groups excluding carboxylic acids is 1. The van der Waals surface area contributed by atoms with E-state index in [2.05, 4.69) is 15.3 Å². The van der Waals surface area contributed by atoms with E-state index >= 15 is 0 Å². The summed E-state index contributed by atoms with van der Waals surface area (Å²) in [5.41, 5.74) is 2.22. The third kappa shape index (κ3) is 5.62. The minimum absolute atomic E-state index is 0.0983. The minimum atomic E-state index is -0.0983. The summed E-state index contributed by atoms with van der Waals surface area (Å²) in [6.45, 7) is 3.88. The van der Waals surface area contributed by atoms with Gasteiger partial charge in [-0.25, -0.2) is 9.97 Å². The Labute approximate surface area is 164 Å². The zero-order valence-electron chi connectivity index (χ0n) is 15.8. The van der Waals surface area contributed by atoms with Crippen LogP contribution in [-0.2, 0) is 4.74 Å². The average molecular weight is 377 g/mol. The summed E-state index contributed by atoms with van der Waals surface area (Å²) in [6, 6.07) is 18.5. The van der Waals surface area contributed by atoms with Crippen molar-refractivity contribution in [3.63, 3.8) is 0 Å². The van der Waals surface area contributed by atoms with E-state index < -0.39 is 0 Å². The Morgan fingerprint density at radius 1 is 1.04 bits per heavy atom. The van der Waals surface area contributed by atoms with Gasteiger partial charge in [-0.15, -0.1) is 0 Å². The van der Waals surface area contributed by atoms with Crippen molar-refractivity contribution in [3.05, 3.63) is 72.6 Å². The van der Waals surface area contributed by atoms with Gasteiger partial charge >= 0.3 is 0 Å². The Morgan fingerprint density at radius 3 is 2.57 bits per heavy atom. The van der Waals surface area contributed by atoms with Gasteiger partial charge < -0.3 is 14.8 Å². The van der Waals surface area contributed by atoms with Crippen LogP contribution in [0.1, 0.15) is 23.7 Å². The molecule has 0 aliphatic heterocycles. The van der Waals surface area contributed by atoms with Gasteiger partial charge in [0.25, 0.3) is 5.91 Å². The molecular weight excluding hydrogens is 354 g/mol. The third-order valence-electron chi connectivity index (χ3n) is 4.01. The monoisotopic (exact) mass is 377 g/mol. The van der Waals surface area contributed by atoms with E-state index in [0.717, 1.165) is 17.7 Å². The molecule has 6 nitrogen and oxygen atoms in total. The first-order valence-electron chi connectivity index (χ1n) is 9.27. The molecule has 0 unspecified atom stereocenters. The molecule has 3 rings (SSSR count). The summed E-state index contributed by atoms with van der Waals surface area (Å²) in [5, 5.41) is 2.89. The Hall–Kier alpha value is -3.25. The standard InChI is InChI=1S/C22H23N3O3/c1-2-27-14-6-13-23-22(26)18-11-9-17(10-12-18)20-15-21(25-16-24-20)28-19-7-4-3-5-8-19/h3-5,7-12,15-16H,2,6,13-14H2,1H3,(H,23,26). The van der Waals surface area contributed by atoms with E-state index in [1.165, 1.54) is 6.33 Å². The lowest BCUT2D eigenvalue weighted by molar-refractivity contribution is 0.0944. The Balaban J connectivity index is 1.61. The van der Waals surface area contributed by atoms with Crippen LogP contribution in [0.5, 0.6) is 11.6 Å². The summed E-state index contributed by atoms with van der Waals surface area (Å²) in [7, 11) is 0.